The summed E-state index contributed by atoms with van der Waals surface area (Å²) < 4.78 is 44.4. The maximum Gasteiger partial charge on any atom is 0.307 e. The average molecular weight is 676 g/mol. The lowest BCUT2D eigenvalue weighted by Crippen LogP contribution is -2.32. The highest BCUT2D eigenvalue weighted by molar-refractivity contribution is 7.80. The highest BCUT2D eigenvalue weighted by atomic mass is 31.3. The summed E-state index contributed by atoms with van der Waals surface area (Å²) in [6.45, 7) is 6.74. The van der Waals surface area contributed by atoms with Crippen molar-refractivity contribution in [2.45, 2.75) is 45.6 Å². The molecule has 0 aliphatic rings. The Balaban J connectivity index is 9.83. The van der Waals surface area contributed by atoms with Crippen molar-refractivity contribution in [3.8, 4) is 0 Å². The van der Waals surface area contributed by atoms with Gasteiger partial charge in [0.05, 0.1) is 5.54 Å². The third-order valence-corrected chi connectivity index (χ3v) is 24.0. The highest BCUT2D eigenvalue weighted by Gasteiger charge is 2.43. The van der Waals surface area contributed by atoms with Crippen molar-refractivity contribution >= 4 is 30.0 Å². The summed E-state index contributed by atoms with van der Waals surface area (Å²) in [5.41, 5.74) is -0.313. The zero-order valence-electron chi connectivity index (χ0n) is 31.2. The standard InChI is InChI=1S/C25H69N13P4/c1-22-25(23-2,24-3)26-39(27-40(30(4)5,31(6)7)32(8)9,28-41(33(10)11,34(12)13)35(14)15)29-42(36(16)17,37(18)19)38(20)21/h22-24H2,1-21H3. The predicted octanol–water partition coefficient (Wildman–Crippen LogP) is 6.79. The van der Waals surface area contributed by atoms with Gasteiger partial charge in [-0.2, -0.15) is 13.5 Å². The van der Waals surface area contributed by atoms with Crippen molar-refractivity contribution in [2.75, 3.05) is 127 Å². The molecule has 0 saturated heterocycles. The van der Waals surface area contributed by atoms with E-state index in [-0.39, 0.29) is 5.54 Å². The van der Waals surface area contributed by atoms with Gasteiger partial charge >= 0.3 is 7.51 Å². The number of hydrogen-bond acceptors (Lipinski definition) is 1. The molecule has 0 aliphatic heterocycles. The normalized spacial score (nSPS) is 14.6. The summed E-state index contributed by atoms with van der Waals surface area (Å²) in [5.74, 6) is 0. The van der Waals surface area contributed by atoms with Gasteiger partial charge in [0.1, 0.15) is 0 Å². The fourth-order valence-corrected chi connectivity index (χ4v) is 24.7. The molecule has 13 nitrogen and oxygen atoms in total. The third-order valence-electron chi connectivity index (χ3n) is 7.87. The Morgan fingerprint density at radius 2 is 0.524 bits per heavy atom. The van der Waals surface area contributed by atoms with Crippen LogP contribution in [0.15, 0.2) is 18.3 Å². The molecule has 0 aromatic rings. The van der Waals surface area contributed by atoms with E-state index in [1.165, 1.54) is 0 Å². The van der Waals surface area contributed by atoms with Crippen LogP contribution in [0.2, 0.25) is 0 Å². The van der Waals surface area contributed by atoms with Crippen LogP contribution in [0.3, 0.4) is 0 Å². The summed E-state index contributed by atoms with van der Waals surface area (Å²) in [5, 5.41) is 0. The van der Waals surface area contributed by atoms with Crippen LogP contribution in [0.1, 0.15) is 40.0 Å². The van der Waals surface area contributed by atoms with Gasteiger partial charge in [-0.15, -0.1) is 0 Å². The van der Waals surface area contributed by atoms with Gasteiger partial charge in [-0.1, -0.05) is 20.8 Å². The summed E-state index contributed by atoms with van der Waals surface area (Å²) in [7, 11) is 27.5. The van der Waals surface area contributed by atoms with Crippen molar-refractivity contribution in [1.29, 1.82) is 0 Å². The maximum absolute atomic E-state index is 6.03. The minimum absolute atomic E-state index is 0.313. The molecule has 0 heterocycles. The molecule has 17 heteroatoms. The lowest BCUT2D eigenvalue weighted by molar-refractivity contribution is 0.389. The Bertz CT molecular complexity index is 864. The first-order valence-electron chi connectivity index (χ1n) is 14.7. The molecular formula is C25H69N13P4. The fourth-order valence-electron chi connectivity index (χ4n) is 5.78. The van der Waals surface area contributed by atoms with Crippen LogP contribution in [0, 0.1) is 0 Å². The molecule has 0 amide bonds. The quantitative estimate of drug-likeness (QED) is 0.164. The van der Waals surface area contributed by atoms with E-state index in [0.717, 1.165) is 19.3 Å². The SMILES string of the molecule is CCC(CC)(CC)N=P(N=P(N(C)C)(N(C)C)N(C)C)(N=P(N(C)C)(N(C)C)N(C)C)N=P(N(C)C)(N(C)C)N(C)C. The Labute approximate surface area is 262 Å². The Morgan fingerprint density at radius 3 is 0.643 bits per heavy atom. The van der Waals surface area contributed by atoms with E-state index in [1.807, 2.05) is 0 Å². The summed E-state index contributed by atoms with van der Waals surface area (Å²) in [4.78, 5) is 0. The van der Waals surface area contributed by atoms with E-state index in [9.17, 15) is 0 Å². The molecule has 0 aliphatic carbocycles. The smallest absolute Gasteiger partial charge is 0.252 e. The molecule has 42 heavy (non-hydrogen) atoms. The van der Waals surface area contributed by atoms with Gasteiger partial charge in [0.25, 0.3) is 0 Å². The molecule has 0 spiro atoms. The Morgan fingerprint density at radius 1 is 0.357 bits per heavy atom. The Kier molecular flexibility index (Phi) is 16.6. The summed E-state index contributed by atoms with van der Waals surface area (Å²) >= 11 is 0. The van der Waals surface area contributed by atoms with Crippen molar-refractivity contribution in [3.63, 3.8) is 0 Å². The molecular weight excluding hydrogens is 606 g/mol. The molecule has 254 valence electrons. The minimum Gasteiger partial charge on any atom is -0.252 e. The van der Waals surface area contributed by atoms with Crippen LogP contribution in [-0.2, 0) is 0 Å². The predicted molar refractivity (Wildman–Crippen MR) is 194 cm³/mol. The zero-order valence-corrected chi connectivity index (χ0v) is 34.8. The zero-order chi connectivity index (χ0) is 33.6. The van der Waals surface area contributed by atoms with Gasteiger partial charge in [0, 0.05) is 0 Å². The van der Waals surface area contributed by atoms with Crippen molar-refractivity contribution < 1.29 is 0 Å². The minimum atomic E-state index is -3.24. The van der Waals surface area contributed by atoms with Gasteiger partial charge in [0.2, 0.25) is 0 Å². The second-order valence-electron chi connectivity index (χ2n) is 12.4. The third kappa shape index (κ3) is 8.28. The molecule has 0 atom stereocenters. The topological polar surface area (TPSA) is 78.6 Å². The van der Waals surface area contributed by atoms with E-state index in [4.69, 9.17) is 18.3 Å². The lowest BCUT2D eigenvalue weighted by atomic mass is 9.91. The molecule has 0 N–H and O–H groups in total. The molecule has 0 aromatic carbocycles. The molecule has 0 bridgehead atoms. The van der Waals surface area contributed by atoms with Crippen molar-refractivity contribution in [3.05, 3.63) is 0 Å². The average Bonchev–Trinajstić information content (AvgIpc) is 2.85. The van der Waals surface area contributed by atoms with Crippen LogP contribution in [-0.4, -0.2) is 174 Å². The molecule has 0 rings (SSSR count). The van der Waals surface area contributed by atoms with Crippen LogP contribution >= 0.6 is 30.0 Å². The molecule has 0 radical (unpaired) electrons. The van der Waals surface area contributed by atoms with Gasteiger partial charge in [0.15, 0.2) is 22.5 Å². The largest absolute Gasteiger partial charge is 0.307 e. The Hall–Kier alpha value is 0.560. The first-order valence-corrected chi connectivity index (χ1v) is 21.1. The fraction of sp³-hybridized carbons (Fsp3) is 1.00. The molecule has 0 aromatic heterocycles. The van der Waals surface area contributed by atoms with Crippen LogP contribution < -0.4 is 0 Å². The van der Waals surface area contributed by atoms with Crippen LogP contribution in [0.5, 0.6) is 0 Å². The first kappa shape index (κ1) is 42.6. The first-order chi connectivity index (χ1) is 19.0. The van der Waals surface area contributed by atoms with E-state index in [1.54, 1.807) is 0 Å². The van der Waals surface area contributed by atoms with Gasteiger partial charge in [-0.3, -0.25) is 42.0 Å². The molecule has 0 fully saturated rings. The van der Waals surface area contributed by atoms with Crippen LogP contribution in [0.4, 0.5) is 0 Å². The van der Waals surface area contributed by atoms with E-state index in [2.05, 4.69) is 190 Å². The van der Waals surface area contributed by atoms with Gasteiger partial charge in [-0.05, 0) is 146 Å². The van der Waals surface area contributed by atoms with Crippen molar-refractivity contribution in [1.82, 2.24) is 42.0 Å². The van der Waals surface area contributed by atoms with Crippen molar-refractivity contribution in [2.24, 2.45) is 18.3 Å². The van der Waals surface area contributed by atoms with Crippen LogP contribution in [0.25, 0.3) is 0 Å². The van der Waals surface area contributed by atoms with Gasteiger partial charge < -0.3 is 0 Å². The monoisotopic (exact) mass is 675 g/mol. The number of hydrogen-bond donors (Lipinski definition) is 0. The second-order valence-corrected chi connectivity index (χ2v) is 26.3. The van der Waals surface area contributed by atoms with E-state index >= 15 is 0 Å². The summed E-state index contributed by atoms with van der Waals surface area (Å²) in [6.07, 6.45) is 2.69. The highest BCUT2D eigenvalue weighted by Crippen LogP contribution is 2.78. The van der Waals surface area contributed by atoms with E-state index in [0.29, 0.717) is 0 Å². The number of nitrogens with zero attached hydrogens (tertiary/aromatic N) is 13. The number of rotatable bonds is 16. The van der Waals surface area contributed by atoms with Gasteiger partial charge in [-0.25, -0.2) is 4.74 Å². The maximum atomic E-state index is 6.03. The summed E-state index contributed by atoms with van der Waals surface area (Å²) in [6, 6.07) is 0. The second kappa shape index (κ2) is 16.4. The molecule has 0 saturated carbocycles. The van der Waals surface area contributed by atoms with E-state index < -0.39 is 30.0 Å². The molecule has 0 unspecified atom stereocenters. The lowest BCUT2D eigenvalue weighted by Gasteiger charge is -2.46.